The Bertz CT molecular complexity index is 688. The molecule has 0 spiro atoms. The lowest BCUT2D eigenvalue weighted by atomic mass is 10.2. The Morgan fingerprint density at radius 3 is 2.32 bits per heavy atom. The maximum atomic E-state index is 12.4. The fraction of sp³-hybridized carbons (Fsp3) is 0.647. The van der Waals surface area contributed by atoms with E-state index < -0.39 is 14.6 Å². The Hall–Kier alpha value is -1.67. The van der Waals surface area contributed by atoms with Gasteiger partial charge in [-0.25, -0.2) is 13.4 Å². The van der Waals surface area contributed by atoms with E-state index >= 15 is 0 Å². The highest BCUT2D eigenvalue weighted by Crippen LogP contribution is 2.25. The number of hydrogen-bond donors (Lipinski definition) is 1. The number of carbonyl (C=O) groups is 1. The number of sulfone groups is 1. The van der Waals surface area contributed by atoms with E-state index in [1.54, 1.807) is 33.0 Å². The van der Waals surface area contributed by atoms with Crippen molar-refractivity contribution >= 4 is 21.4 Å². The Labute approximate surface area is 150 Å². The van der Waals surface area contributed by atoms with E-state index in [2.05, 4.69) is 20.1 Å². The Balaban J connectivity index is 1.97. The molecule has 0 aromatic carbocycles. The number of pyridine rings is 1. The van der Waals surface area contributed by atoms with Gasteiger partial charge in [0.1, 0.15) is 0 Å². The van der Waals surface area contributed by atoms with E-state index in [4.69, 9.17) is 0 Å². The maximum Gasteiger partial charge on any atom is 0.234 e. The fourth-order valence-corrected chi connectivity index (χ4v) is 3.72. The molecule has 1 aliphatic rings. The van der Waals surface area contributed by atoms with Crippen molar-refractivity contribution in [1.29, 1.82) is 0 Å². The number of anilines is 1. The highest BCUT2D eigenvalue weighted by atomic mass is 32.2. The molecule has 1 aromatic rings. The highest BCUT2D eigenvalue weighted by molar-refractivity contribution is 7.92. The van der Waals surface area contributed by atoms with Crippen LogP contribution in [-0.2, 0) is 14.6 Å². The van der Waals surface area contributed by atoms with Gasteiger partial charge in [0.15, 0.2) is 14.9 Å². The van der Waals surface area contributed by atoms with E-state index in [-0.39, 0.29) is 10.9 Å². The molecule has 0 aliphatic carbocycles. The Morgan fingerprint density at radius 1 is 1.20 bits per heavy atom. The van der Waals surface area contributed by atoms with Crippen molar-refractivity contribution in [3.63, 3.8) is 0 Å². The first-order valence-corrected chi connectivity index (χ1v) is 10.1. The van der Waals surface area contributed by atoms with E-state index in [9.17, 15) is 13.2 Å². The number of amides is 1. The number of nitrogens with one attached hydrogen (secondary N) is 1. The molecule has 7 nitrogen and oxygen atoms in total. The van der Waals surface area contributed by atoms with Crippen molar-refractivity contribution in [3.05, 3.63) is 18.3 Å². The van der Waals surface area contributed by atoms with Gasteiger partial charge in [0, 0.05) is 32.7 Å². The van der Waals surface area contributed by atoms with Crippen molar-refractivity contribution < 1.29 is 13.2 Å². The van der Waals surface area contributed by atoms with Crippen molar-refractivity contribution in [2.45, 2.75) is 37.5 Å². The van der Waals surface area contributed by atoms with Gasteiger partial charge in [0.05, 0.1) is 23.2 Å². The molecule has 1 saturated heterocycles. The minimum absolute atomic E-state index is 0.0503. The number of hydrogen-bond acceptors (Lipinski definition) is 6. The van der Waals surface area contributed by atoms with Crippen LogP contribution in [-0.4, -0.2) is 68.2 Å². The molecule has 0 atom stereocenters. The fourth-order valence-electron chi connectivity index (χ4n) is 2.65. The SMILES string of the molecule is CCNC(=O)CN1CCN(c2ccc(S(=O)(=O)C(C)(C)C)nc2)CC1. The molecule has 0 saturated carbocycles. The van der Waals surface area contributed by atoms with Crippen molar-refractivity contribution in [3.8, 4) is 0 Å². The van der Waals surface area contributed by atoms with Crippen LogP contribution in [0.3, 0.4) is 0 Å². The predicted octanol–water partition coefficient (Wildman–Crippen LogP) is 0.912. The van der Waals surface area contributed by atoms with Gasteiger partial charge in [0.25, 0.3) is 0 Å². The first kappa shape index (κ1) is 19.7. The number of rotatable bonds is 5. The molecule has 140 valence electrons. The van der Waals surface area contributed by atoms with Crippen molar-refractivity contribution in [1.82, 2.24) is 15.2 Å². The largest absolute Gasteiger partial charge is 0.368 e. The van der Waals surface area contributed by atoms with Crippen LogP contribution in [0.1, 0.15) is 27.7 Å². The van der Waals surface area contributed by atoms with Crippen LogP contribution in [0.2, 0.25) is 0 Å². The zero-order chi connectivity index (χ0) is 18.7. The second-order valence-corrected chi connectivity index (χ2v) is 9.84. The number of nitrogens with zero attached hydrogens (tertiary/aromatic N) is 3. The van der Waals surface area contributed by atoms with Gasteiger partial charge in [-0.3, -0.25) is 9.69 Å². The van der Waals surface area contributed by atoms with Gasteiger partial charge in [-0.1, -0.05) is 0 Å². The van der Waals surface area contributed by atoms with Crippen LogP contribution in [0.5, 0.6) is 0 Å². The minimum Gasteiger partial charge on any atom is -0.368 e. The van der Waals surface area contributed by atoms with E-state index in [1.165, 1.54) is 0 Å². The summed E-state index contributed by atoms with van der Waals surface area (Å²) < 4.78 is 24.0. The van der Waals surface area contributed by atoms with Crippen LogP contribution in [0.25, 0.3) is 0 Å². The number of likely N-dealkylation sites (N-methyl/N-ethyl adjacent to an activating group) is 1. The van der Waals surface area contributed by atoms with Gasteiger partial charge in [-0.15, -0.1) is 0 Å². The summed E-state index contributed by atoms with van der Waals surface area (Å²) in [5.41, 5.74) is 0.908. The lowest BCUT2D eigenvalue weighted by Crippen LogP contribution is -2.49. The van der Waals surface area contributed by atoms with Gasteiger partial charge < -0.3 is 10.2 Å². The summed E-state index contributed by atoms with van der Waals surface area (Å²) in [6.07, 6.45) is 1.62. The summed E-state index contributed by atoms with van der Waals surface area (Å²) in [6, 6.07) is 3.39. The van der Waals surface area contributed by atoms with E-state index in [0.29, 0.717) is 13.1 Å². The van der Waals surface area contributed by atoms with Crippen LogP contribution >= 0.6 is 0 Å². The average molecular weight is 369 g/mol. The van der Waals surface area contributed by atoms with Crippen LogP contribution in [0.15, 0.2) is 23.4 Å². The molecule has 1 fully saturated rings. The third-order valence-electron chi connectivity index (χ3n) is 4.28. The molecule has 0 unspecified atom stereocenters. The lowest BCUT2D eigenvalue weighted by molar-refractivity contribution is -0.122. The molecule has 1 N–H and O–H groups in total. The summed E-state index contributed by atoms with van der Waals surface area (Å²) >= 11 is 0. The topological polar surface area (TPSA) is 82.6 Å². The summed E-state index contributed by atoms with van der Waals surface area (Å²) in [4.78, 5) is 20.1. The summed E-state index contributed by atoms with van der Waals surface area (Å²) in [7, 11) is -3.43. The normalized spacial score (nSPS) is 16.7. The predicted molar refractivity (Wildman–Crippen MR) is 98.5 cm³/mol. The van der Waals surface area contributed by atoms with Crippen LogP contribution in [0, 0.1) is 0 Å². The lowest BCUT2D eigenvalue weighted by Gasteiger charge is -2.35. The smallest absolute Gasteiger partial charge is 0.234 e. The second kappa shape index (κ2) is 7.70. The highest BCUT2D eigenvalue weighted by Gasteiger charge is 2.32. The molecule has 0 radical (unpaired) electrons. The zero-order valence-electron chi connectivity index (χ0n) is 15.4. The Morgan fingerprint density at radius 2 is 1.84 bits per heavy atom. The summed E-state index contributed by atoms with van der Waals surface area (Å²) in [5.74, 6) is 0.0503. The summed E-state index contributed by atoms with van der Waals surface area (Å²) in [5, 5.41) is 2.92. The molecule has 0 bridgehead atoms. The number of carbonyl (C=O) groups excluding carboxylic acids is 1. The second-order valence-electron chi connectivity index (χ2n) is 7.19. The molecule has 1 aliphatic heterocycles. The van der Waals surface area contributed by atoms with Gasteiger partial charge in [-0.05, 0) is 39.8 Å². The monoisotopic (exact) mass is 368 g/mol. The zero-order valence-corrected chi connectivity index (χ0v) is 16.3. The molecular weight excluding hydrogens is 340 g/mol. The van der Waals surface area contributed by atoms with E-state index in [0.717, 1.165) is 31.9 Å². The first-order valence-electron chi connectivity index (χ1n) is 8.60. The van der Waals surface area contributed by atoms with Crippen LogP contribution in [0.4, 0.5) is 5.69 Å². The standard InChI is InChI=1S/C17H28N4O3S/c1-5-18-15(22)13-20-8-10-21(11-9-20)14-6-7-16(19-12-14)25(23,24)17(2,3)4/h6-7,12H,5,8-11,13H2,1-4H3,(H,18,22). The van der Waals surface area contributed by atoms with Crippen LogP contribution < -0.4 is 10.2 Å². The minimum atomic E-state index is -3.43. The van der Waals surface area contributed by atoms with Gasteiger partial charge in [0.2, 0.25) is 5.91 Å². The average Bonchev–Trinajstić information content (AvgIpc) is 2.55. The molecule has 2 heterocycles. The molecule has 1 amide bonds. The maximum absolute atomic E-state index is 12.4. The van der Waals surface area contributed by atoms with Crippen molar-refractivity contribution in [2.24, 2.45) is 0 Å². The quantitative estimate of drug-likeness (QED) is 0.832. The molecule has 1 aromatic heterocycles. The molecule has 8 heteroatoms. The molecule has 25 heavy (non-hydrogen) atoms. The molecule has 2 rings (SSSR count). The van der Waals surface area contributed by atoms with Crippen molar-refractivity contribution in [2.75, 3.05) is 44.2 Å². The first-order chi connectivity index (χ1) is 11.6. The number of piperazine rings is 1. The van der Waals surface area contributed by atoms with Gasteiger partial charge in [-0.2, -0.15) is 0 Å². The van der Waals surface area contributed by atoms with E-state index in [1.807, 2.05) is 13.0 Å². The Kier molecular flexibility index (Phi) is 6.05. The third kappa shape index (κ3) is 4.70. The summed E-state index contributed by atoms with van der Waals surface area (Å²) in [6.45, 7) is 11.1. The van der Waals surface area contributed by atoms with Gasteiger partial charge >= 0.3 is 0 Å². The third-order valence-corrected chi connectivity index (χ3v) is 6.69. The molecular formula is C17H28N4O3S. The number of aromatic nitrogens is 1.